The number of halogens is 2. The van der Waals surface area contributed by atoms with Gasteiger partial charge in [-0.2, -0.15) is 0 Å². The van der Waals surface area contributed by atoms with Crippen LogP contribution >= 0.6 is 31.9 Å². The second-order valence-electron chi connectivity index (χ2n) is 3.37. The van der Waals surface area contributed by atoms with E-state index in [2.05, 4.69) is 36.8 Å². The molecule has 0 saturated heterocycles. The lowest BCUT2D eigenvalue weighted by atomic mass is 10.1. The van der Waals surface area contributed by atoms with Crippen molar-refractivity contribution >= 4 is 31.9 Å². The Balaban J connectivity index is 2.24. The van der Waals surface area contributed by atoms with Crippen LogP contribution in [0, 0.1) is 5.92 Å². The van der Waals surface area contributed by atoms with Crippen LogP contribution < -0.4 is 5.73 Å². The third-order valence-corrected chi connectivity index (χ3v) is 4.07. The van der Waals surface area contributed by atoms with Crippen LogP contribution in [0.5, 0.6) is 0 Å². The maximum atomic E-state index is 6.02. The zero-order valence-electron chi connectivity index (χ0n) is 7.00. The van der Waals surface area contributed by atoms with Gasteiger partial charge < -0.3 is 5.73 Å². The highest BCUT2D eigenvalue weighted by Gasteiger charge is 2.30. The maximum absolute atomic E-state index is 6.02. The highest BCUT2D eigenvalue weighted by molar-refractivity contribution is 9.13. The van der Waals surface area contributed by atoms with Gasteiger partial charge in [0.25, 0.3) is 0 Å². The Labute approximate surface area is 94.2 Å². The van der Waals surface area contributed by atoms with Crippen LogP contribution in [-0.4, -0.2) is 4.98 Å². The molecule has 1 aromatic heterocycles. The molecule has 70 valence electrons. The summed E-state index contributed by atoms with van der Waals surface area (Å²) in [5, 5.41) is 0. The molecule has 0 spiro atoms. The number of hydrogen-bond acceptors (Lipinski definition) is 2. The van der Waals surface area contributed by atoms with Crippen molar-refractivity contribution in [2.45, 2.75) is 18.9 Å². The van der Waals surface area contributed by atoms with Crippen molar-refractivity contribution in [2.75, 3.05) is 0 Å². The van der Waals surface area contributed by atoms with Gasteiger partial charge in [0.1, 0.15) is 4.60 Å². The molecule has 2 nitrogen and oxygen atoms in total. The van der Waals surface area contributed by atoms with Gasteiger partial charge in [0.2, 0.25) is 0 Å². The van der Waals surface area contributed by atoms with Crippen LogP contribution in [0.4, 0.5) is 0 Å². The lowest BCUT2D eigenvalue weighted by Crippen LogP contribution is -2.14. The van der Waals surface area contributed by atoms with Crippen molar-refractivity contribution in [3.63, 3.8) is 0 Å². The van der Waals surface area contributed by atoms with Crippen molar-refractivity contribution in [3.8, 4) is 0 Å². The minimum absolute atomic E-state index is 0.115. The van der Waals surface area contributed by atoms with E-state index in [-0.39, 0.29) is 6.04 Å². The van der Waals surface area contributed by atoms with Gasteiger partial charge in [0, 0.05) is 6.04 Å². The third-order valence-electron chi connectivity index (χ3n) is 2.30. The van der Waals surface area contributed by atoms with Crippen LogP contribution in [0.1, 0.15) is 24.6 Å². The molecular formula is C9H10Br2N2. The molecule has 0 amide bonds. The molecule has 0 aromatic carbocycles. The first kappa shape index (κ1) is 9.62. The Kier molecular flexibility index (Phi) is 2.72. The van der Waals surface area contributed by atoms with Crippen molar-refractivity contribution in [2.24, 2.45) is 11.7 Å². The van der Waals surface area contributed by atoms with Crippen LogP contribution in [0.2, 0.25) is 0 Å². The third kappa shape index (κ3) is 2.11. The maximum Gasteiger partial charge on any atom is 0.120 e. The van der Waals surface area contributed by atoms with Crippen LogP contribution in [0.25, 0.3) is 0 Å². The van der Waals surface area contributed by atoms with Gasteiger partial charge >= 0.3 is 0 Å². The Hall–Kier alpha value is 0.0700. The van der Waals surface area contributed by atoms with E-state index in [1.54, 1.807) is 0 Å². The summed E-state index contributed by atoms with van der Waals surface area (Å²) in [6.45, 7) is 0. The molecule has 0 bridgehead atoms. The first-order chi connectivity index (χ1) is 6.18. The first-order valence-corrected chi connectivity index (χ1v) is 5.84. The quantitative estimate of drug-likeness (QED) is 0.853. The van der Waals surface area contributed by atoms with E-state index < -0.39 is 0 Å². The topological polar surface area (TPSA) is 38.9 Å². The van der Waals surface area contributed by atoms with Gasteiger partial charge in [-0.05, 0) is 62.8 Å². The van der Waals surface area contributed by atoms with E-state index in [0.717, 1.165) is 14.8 Å². The SMILES string of the molecule is N[C@H](c1ccc(Br)c(Br)n1)C1CC1. The molecule has 1 aromatic rings. The monoisotopic (exact) mass is 304 g/mol. The zero-order valence-corrected chi connectivity index (χ0v) is 10.2. The standard InChI is InChI=1S/C9H10Br2N2/c10-6-3-4-7(13-9(6)11)8(12)5-1-2-5/h3-5,8H,1-2,12H2/t8-/m0/s1. The van der Waals surface area contributed by atoms with E-state index in [0.29, 0.717) is 5.92 Å². The average Bonchev–Trinajstić information content (AvgIpc) is 2.91. The molecule has 1 saturated carbocycles. The second kappa shape index (κ2) is 3.67. The molecule has 1 heterocycles. The summed E-state index contributed by atoms with van der Waals surface area (Å²) < 4.78 is 1.81. The van der Waals surface area contributed by atoms with Gasteiger partial charge in [0.05, 0.1) is 10.2 Å². The van der Waals surface area contributed by atoms with Crippen molar-refractivity contribution in [1.82, 2.24) is 4.98 Å². The summed E-state index contributed by atoms with van der Waals surface area (Å²) in [4.78, 5) is 4.38. The predicted molar refractivity (Wildman–Crippen MR) is 59.3 cm³/mol. The Morgan fingerprint density at radius 1 is 1.38 bits per heavy atom. The molecule has 1 aliphatic rings. The van der Waals surface area contributed by atoms with Gasteiger partial charge in [0.15, 0.2) is 0 Å². The number of rotatable bonds is 2. The summed E-state index contributed by atoms with van der Waals surface area (Å²) in [5.74, 6) is 0.653. The molecule has 1 fully saturated rings. The molecule has 1 atom stereocenters. The number of pyridine rings is 1. The molecule has 2 N–H and O–H groups in total. The fraction of sp³-hybridized carbons (Fsp3) is 0.444. The highest BCUT2D eigenvalue weighted by Crippen LogP contribution is 2.39. The molecular weight excluding hydrogens is 296 g/mol. The average molecular weight is 306 g/mol. The Morgan fingerprint density at radius 2 is 2.08 bits per heavy atom. The van der Waals surface area contributed by atoms with Crippen LogP contribution in [0.3, 0.4) is 0 Å². The van der Waals surface area contributed by atoms with Gasteiger partial charge in [-0.3, -0.25) is 0 Å². The van der Waals surface area contributed by atoms with Crippen molar-refractivity contribution in [1.29, 1.82) is 0 Å². The molecule has 1 aliphatic carbocycles. The summed E-state index contributed by atoms with van der Waals surface area (Å²) in [6.07, 6.45) is 2.49. The van der Waals surface area contributed by atoms with Crippen molar-refractivity contribution in [3.05, 3.63) is 26.9 Å². The Morgan fingerprint density at radius 3 is 2.62 bits per heavy atom. The lowest BCUT2D eigenvalue weighted by molar-refractivity contribution is 0.613. The highest BCUT2D eigenvalue weighted by atomic mass is 79.9. The number of hydrogen-bond donors (Lipinski definition) is 1. The molecule has 0 unspecified atom stereocenters. The molecule has 2 rings (SSSR count). The van der Waals surface area contributed by atoms with Crippen molar-refractivity contribution < 1.29 is 0 Å². The Bertz CT molecular complexity index is 323. The second-order valence-corrected chi connectivity index (χ2v) is 4.98. The fourth-order valence-corrected chi connectivity index (χ4v) is 1.87. The number of aromatic nitrogens is 1. The van der Waals surface area contributed by atoms with E-state index in [1.807, 2.05) is 12.1 Å². The fourth-order valence-electron chi connectivity index (χ4n) is 1.31. The zero-order chi connectivity index (χ0) is 9.42. The van der Waals surface area contributed by atoms with Crippen LogP contribution in [-0.2, 0) is 0 Å². The summed E-state index contributed by atoms with van der Waals surface area (Å²) >= 11 is 6.75. The number of nitrogens with zero attached hydrogens (tertiary/aromatic N) is 1. The molecule has 0 radical (unpaired) electrons. The van der Waals surface area contributed by atoms with E-state index in [9.17, 15) is 0 Å². The largest absolute Gasteiger partial charge is 0.322 e. The minimum Gasteiger partial charge on any atom is -0.322 e. The van der Waals surface area contributed by atoms with E-state index in [1.165, 1.54) is 12.8 Å². The molecule has 13 heavy (non-hydrogen) atoms. The van der Waals surface area contributed by atoms with E-state index in [4.69, 9.17) is 5.73 Å². The predicted octanol–water partition coefficient (Wildman–Crippen LogP) is 3.02. The summed E-state index contributed by atoms with van der Waals surface area (Å²) in [5.41, 5.74) is 7.00. The normalized spacial score (nSPS) is 18.7. The van der Waals surface area contributed by atoms with E-state index >= 15 is 0 Å². The summed E-state index contributed by atoms with van der Waals surface area (Å²) in [6, 6.07) is 4.08. The number of nitrogens with two attached hydrogens (primary N) is 1. The first-order valence-electron chi connectivity index (χ1n) is 4.26. The summed E-state index contributed by atoms with van der Waals surface area (Å²) in [7, 11) is 0. The minimum atomic E-state index is 0.115. The smallest absolute Gasteiger partial charge is 0.120 e. The molecule has 0 aliphatic heterocycles. The van der Waals surface area contributed by atoms with Gasteiger partial charge in [-0.15, -0.1) is 0 Å². The van der Waals surface area contributed by atoms with Gasteiger partial charge in [-0.1, -0.05) is 0 Å². The van der Waals surface area contributed by atoms with Gasteiger partial charge in [-0.25, -0.2) is 4.98 Å². The van der Waals surface area contributed by atoms with Crippen LogP contribution in [0.15, 0.2) is 21.2 Å². The lowest BCUT2D eigenvalue weighted by Gasteiger charge is -2.09. The molecule has 4 heteroatoms.